The van der Waals surface area contributed by atoms with E-state index in [1.165, 1.54) is 25.1 Å². The van der Waals surface area contributed by atoms with E-state index in [4.69, 9.17) is 9.52 Å². The van der Waals surface area contributed by atoms with Crippen LogP contribution in [-0.2, 0) is 11.2 Å². The number of phenols is 1. The summed E-state index contributed by atoms with van der Waals surface area (Å²) >= 11 is 0. The molecule has 5 nitrogen and oxygen atoms in total. The lowest BCUT2D eigenvalue weighted by atomic mass is 10.1. The first kappa shape index (κ1) is 11.2. The van der Waals surface area contributed by atoms with Gasteiger partial charge in [0.1, 0.15) is 17.1 Å². The molecule has 1 heterocycles. The third kappa shape index (κ3) is 1.99. The second kappa shape index (κ2) is 3.93. The number of rotatable bonds is 2. The molecule has 0 aliphatic carbocycles. The summed E-state index contributed by atoms with van der Waals surface area (Å²) < 4.78 is 5.33. The minimum Gasteiger partial charge on any atom is -0.508 e. The molecule has 0 amide bonds. The highest BCUT2D eigenvalue weighted by atomic mass is 16.4. The van der Waals surface area contributed by atoms with Crippen LogP contribution in [0.1, 0.15) is 11.3 Å². The van der Waals surface area contributed by atoms with Gasteiger partial charge >= 0.3 is 5.97 Å². The van der Waals surface area contributed by atoms with E-state index >= 15 is 0 Å². The third-order valence-corrected chi connectivity index (χ3v) is 2.50. The Kier molecular flexibility index (Phi) is 2.59. The van der Waals surface area contributed by atoms with Crippen molar-refractivity contribution in [1.82, 2.24) is 0 Å². The van der Waals surface area contributed by atoms with Gasteiger partial charge in [-0.05, 0) is 19.1 Å². The Morgan fingerprint density at radius 3 is 2.76 bits per heavy atom. The van der Waals surface area contributed by atoms with Gasteiger partial charge in [-0.2, -0.15) is 0 Å². The lowest BCUT2D eigenvalue weighted by molar-refractivity contribution is -0.136. The predicted octanol–water partition coefficient (Wildman–Crippen LogP) is 1.43. The molecule has 0 saturated carbocycles. The smallest absolute Gasteiger partial charge is 0.308 e. The van der Waals surface area contributed by atoms with Crippen molar-refractivity contribution in [3.8, 4) is 5.75 Å². The number of benzene rings is 1. The second-order valence-electron chi connectivity index (χ2n) is 3.72. The Hall–Kier alpha value is -2.30. The minimum absolute atomic E-state index is 0.00830. The molecule has 0 aliphatic heterocycles. The number of aromatic hydroxyl groups is 1. The highest BCUT2D eigenvalue weighted by molar-refractivity contribution is 5.80. The number of phenolic OH excluding ortho intramolecular Hbond substituents is 1. The van der Waals surface area contributed by atoms with Crippen molar-refractivity contribution >= 4 is 16.9 Å². The van der Waals surface area contributed by atoms with Gasteiger partial charge in [0.05, 0.1) is 11.8 Å². The highest BCUT2D eigenvalue weighted by Crippen LogP contribution is 2.20. The summed E-state index contributed by atoms with van der Waals surface area (Å²) in [6, 6.07) is 4.11. The van der Waals surface area contributed by atoms with E-state index in [1.807, 2.05) is 0 Å². The fourth-order valence-corrected chi connectivity index (χ4v) is 1.69. The number of carboxylic acid groups (broad SMARTS) is 1. The van der Waals surface area contributed by atoms with Crippen molar-refractivity contribution in [2.75, 3.05) is 0 Å². The molecule has 2 aromatic rings. The van der Waals surface area contributed by atoms with Crippen LogP contribution in [0.3, 0.4) is 0 Å². The first-order chi connectivity index (χ1) is 7.99. The predicted molar refractivity (Wildman–Crippen MR) is 60.2 cm³/mol. The molecule has 2 rings (SSSR count). The SMILES string of the molecule is Cc1oc2cc(O)ccc2c(=O)c1CC(=O)O. The van der Waals surface area contributed by atoms with Gasteiger partial charge in [0.15, 0.2) is 5.43 Å². The van der Waals surface area contributed by atoms with E-state index < -0.39 is 5.97 Å². The number of carboxylic acids is 1. The van der Waals surface area contributed by atoms with Gasteiger partial charge in [-0.25, -0.2) is 0 Å². The maximum Gasteiger partial charge on any atom is 0.308 e. The Labute approximate surface area is 95.9 Å². The Balaban J connectivity index is 2.76. The Morgan fingerprint density at radius 1 is 1.41 bits per heavy atom. The molecule has 0 aliphatic rings. The van der Waals surface area contributed by atoms with Crippen molar-refractivity contribution in [3.05, 3.63) is 39.7 Å². The third-order valence-electron chi connectivity index (χ3n) is 2.50. The van der Waals surface area contributed by atoms with Gasteiger partial charge in [0.25, 0.3) is 0 Å². The van der Waals surface area contributed by atoms with Crippen LogP contribution in [0.15, 0.2) is 27.4 Å². The first-order valence-electron chi connectivity index (χ1n) is 4.96. The van der Waals surface area contributed by atoms with Crippen molar-refractivity contribution < 1.29 is 19.4 Å². The van der Waals surface area contributed by atoms with E-state index in [-0.39, 0.29) is 39.9 Å². The van der Waals surface area contributed by atoms with Gasteiger partial charge in [-0.1, -0.05) is 0 Å². The van der Waals surface area contributed by atoms with E-state index in [9.17, 15) is 14.7 Å². The van der Waals surface area contributed by atoms with E-state index in [0.29, 0.717) is 0 Å². The molecule has 0 unspecified atom stereocenters. The van der Waals surface area contributed by atoms with Crippen LogP contribution in [0.5, 0.6) is 5.75 Å². The quantitative estimate of drug-likeness (QED) is 0.820. The van der Waals surface area contributed by atoms with Crippen molar-refractivity contribution in [1.29, 1.82) is 0 Å². The monoisotopic (exact) mass is 234 g/mol. The molecule has 1 aromatic heterocycles. The summed E-state index contributed by atoms with van der Waals surface area (Å²) in [5.41, 5.74) is 0.0171. The van der Waals surface area contributed by atoms with Gasteiger partial charge in [0.2, 0.25) is 0 Å². The van der Waals surface area contributed by atoms with Crippen LogP contribution in [0.2, 0.25) is 0 Å². The minimum atomic E-state index is -1.08. The average Bonchev–Trinajstić information content (AvgIpc) is 2.23. The highest BCUT2D eigenvalue weighted by Gasteiger charge is 2.14. The number of aryl methyl sites for hydroxylation is 1. The average molecular weight is 234 g/mol. The maximum absolute atomic E-state index is 12.0. The number of aliphatic carboxylic acids is 1. The fraction of sp³-hybridized carbons (Fsp3) is 0.167. The molecule has 17 heavy (non-hydrogen) atoms. The molecule has 5 heteroatoms. The van der Waals surface area contributed by atoms with Crippen LogP contribution in [0.25, 0.3) is 11.0 Å². The second-order valence-corrected chi connectivity index (χ2v) is 3.72. The zero-order valence-electron chi connectivity index (χ0n) is 9.06. The maximum atomic E-state index is 12.0. The summed E-state index contributed by atoms with van der Waals surface area (Å²) in [5.74, 6) is -0.833. The van der Waals surface area contributed by atoms with Gasteiger partial charge < -0.3 is 14.6 Å². The summed E-state index contributed by atoms with van der Waals surface area (Å²) in [7, 11) is 0. The van der Waals surface area contributed by atoms with Crippen molar-refractivity contribution in [2.24, 2.45) is 0 Å². The summed E-state index contributed by atoms with van der Waals surface area (Å²) in [6.07, 6.45) is -0.370. The normalized spacial score (nSPS) is 10.6. The molecule has 1 aromatic carbocycles. The van der Waals surface area contributed by atoms with Crippen molar-refractivity contribution in [2.45, 2.75) is 13.3 Å². The first-order valence-corrected chi connectivity index (χ1v) is 4.96. The van der Waals surface area contributed by atoms with Crippen LogP contribution in [0.4, 0.5) is 0 Å². The fourth-order valence-electron chi connectivity index (χ4n) is 1.69. The van der Waals surface area contributed by atoms with Crippen LogP contribution in [0, 0.1) is 6.92 Å². The Morgan fingerprint density at radius 2 is 2.12 bits per heavy atom. The number of hydrogen-bond donors (Lipinski definition) is 2. The van der Waals surface area contributed by atoms with Crippen LogP contribution in [-0.4, -0.2) is 16.2 Å². The lowest BCUT2D eigenvalue weighted by Crippen LogP contribution is -2.15. The van der Waals surface area contributed by atoms with E-state index in [1.54, 1.807) is 0 Å². The zero-order valence-corrected chi connectivity index (χ0v) is 9.06. The van der Waals surface area contributed by atoms with Gasteiger partial charge in [-0.15, -0.1) is 0 Å². The topological polar surface area (TPSA) is 87.7 Å². The van der Waals surface area contributed by atoms with Crippen molar-refractivity contribution in [3.63, 3.8) is 0 Å². The van der Waals surface area contributed by atoms with E-state index in [0.717, 1.165) is 0 Å². The molecule has 2 N–H and O–H groups in total. The summed E-state index contributed by atoms with van der Waals surface area (Å²) in [6.45, 7) is 1.53. The largest absolute Gasteiger partial charge is 0.508 e. The number of carbonyl (C=O) groups is 1. The number of hydrogen-bond acceptors (Lipinski definition) is 4. The zero-order chi connectivity index (χ0) is 12.6. The number of fused-ring (bicyclic) bond motifs is 1. The molecule has 0 bridgehead atoms. The van der Waals surface area contributed by atoms with Crippen LogP contribution < -0.4 is 5.43 Å². The standard InChI is InChI=1S/C12H10O5/c1-6-9(5-11(14)15)12(16)8-3-2-7(13)4-10(8)17-6/h2-4,13H,5H2,1H3,(H,14,15). The molecule has 88 valence electrons. The molecule has 0 radical (unpaired) electrons. The molecular weight excluding hydrogens is 224 g/mol. The van der Waals surface area contributed by atoms with Crippen LogP contribution >= 0.6 is 0 Å². The molecule has 0 saturated heterocycles. The summed E-state index contributed by atoms with van der Waals surface area (Å²) in [4.78, 5) is 22.6. The van der Waals surface area contributed by atoms with Gasteiger partial charge in [-0.3, -0.25) is 9.59 Å². The molecular formula is C12H10O5. The van der Waals surface area contributed by atoms with Gasteiger partial charge in [0, 0.05) is 11.6 Å². The summed E-state index contributed by atoms with van der Waals surface area (Å²) in [5, 5.41) is 18.3. The molecule has 0 spiro atoms. The Bertz CT molecular complexity index is 654. The molecule has 0 atom stereocenters. The van der Waals surface area contributed by atoms with E-state index in [2.05, 4.69) is 0 Å². The lowest BCUT2D eigenvalue weighted by Gasteiger charge is -2.04. The molecule has 0 fully saturated rings.